The number of ether oxygens (including phenoxy) is 1. The maximum absolute atomic E-state index is 13.2. The lowest BCUT2D eigenvalue weighted by Gasteiger charge is -2.33. The third kappa shape index (κ3) is 4.44. The van der Waals surface area contributed by atoms with E-state index in [2.05, 4.69) is 15.9 Å². The van der Waals surface area contributed by atoms with Gasteiger partial charge in [0.1, 0.15) is 6.10 Å². The highest BCUT2D eigenvalue weighted by Gasteiger charge is 2.49. The molecule has 4 rings (SSSR count). The summed E-state index contributed by atoms with van der Waals surface area (Å²) in [4.78, 5) is 13.4. The van der Waals surface area contributed by atoms with Crippen LogP contribution in [0.25, 0.3) is 0 Å². The lowest BCUT2D eigenvalue weighted by molar-refractivity contribution is -0.178. The molecule has 6 nitrogen and oxygen atoms in total. The van der Waals surface area contributed by atoms with Gasteiger partial charge in [-0.05, 0) is 49.1 Å². The summed E-state index contributed by atoms with van der Waals surface area (Å²) in [6, 6.07) is 15.4. The molecule has 2 fully saturated rings. The van der Waals surface area contributed by atoms with Crippen molar-refractivity contribution in [2.45, 2.75) is 48.7 Å². The molecule has 1 aliphatic heterocycles. The number of benzene rings is 2. The van der Waals surface area contributed by atoms with Gasteiger partial charge in [0, 0.05) is 16.9 Å². The summed E-state index contributed by atoms with van der Waals surface area (Å²) in [7, 11) is -3.67. The smallest absolute Gasteiger partial charge is 0.343 e. The van der Waals surface area contributed by atoms with E-state index in [0.29, 0.717) is 12.0 Å². The fourth-order valence-electron chi connectivity index (χ4n) is 4.57. The zero-order valence-electron chi connectivity index (χ0n) is 17.1. The molecule has 1 heterocycles. The van der Waals surface area contributed by atoms with Gasteiger partial charge < -0.3 is 9.84 Å². The molecule has 0 bridgehead atoms. The van der Waals surface area contributed by atoms with E-state index in [1.807, 2.05) is 6.07 Å². The molecule has 166 valence electrons. The Morgan fingerprint density at radius 2 is 1.68 bits per heavy atom. The first-order valence-corrected chi connectivity index (χ1v) is 12.8. The van der Waals surface area contributed by atoms with Crippen LogP contribution in [0.15, 0.2) is 64.0 Å². The van der Waals surface area contributed by atoms with E-state index < -0.39 is 27.7 Å². The van der Waals surface area contributed by atoms with Crippen molar-refractivity contribution in [3.05, 3.63) is 64.6 Å². The Hall–Kier alpha value is -1.74. The van der Waals surface area contributed by atoms with Crippen molar-refractivity contribution in [1.29, 1.82) is 0 Å². The van der Waals surface area contributed by atoms with E-state index in [9.17, 15) is 18.3 Å². The molecule has 0 amide bonds. The third-order valence-electron chi connectivity index (χ3n) is 6.30. The van der Waals surface area contributed by atoms with E-state index in [-0.39, 0.29) is 23.9 Å². The van der Waals surface area contributed by atoms with Crippen LogP contribution < -0.4 is 0 Å². The van der Waals surface area contributed by atoms with Crippen molar-refractivity contribution in [2.75, 3.05) is 13.1 Å². The van der Waals surface area contributed by atoms with Crippen molar-refractivity contribution in [2.24, 2.45) is 5.92 Å². The molecule has 1 N–H and O–H groups in total. The molecule has 2 aliphatic rings. The van der Waals surface area contributed by atoms with Crippen molar-refractivity contribution in [3.63, 3.8) is 0 Å². The van der Waals surface area contributed by atoms with Crippen molar-refractivity contribution < 1.29 is 23.1 Å². The monoisotopic (exact) mass is 507 g/mol. The molecule has 31 heavy (non-hydrogen) atoms. The Labute approximate surface area is 191 Å². The highest BCUT2D eigenvalue weighted by molar-refractivity contribution is 9.10. The number of carbonyl (C=O) groups excluding carboxylic acids is 1. The van der Waals surface area contributed by atoms with Gasteiger partial charge in [-0.2, -0.15) is 4.31 Å². The summed E-state index contributed by atoms with van der Waals surface area (Å²) >= 11 is 3.31. The normalized spacial score (nSPS) is 22.3. The molecule has 0 aromatic heterocycles. The first-order chi connectivity index (χ1) is 14.8. The maximum Gasteiger partial charge on any atom is 0.343 e. The summed E-state index contributed by atoms with van der Waals surface area (Å²) in [5.74, 6) is -0.884. The molecule has 2 aromatic carbocycles. The number of nitrogens with zero attached hydrogens (tertiary/aromatic N) is 1. The van der Waals surface area contributed by atoms with Gasteiger partial charge in [0.2, 0.25) is 10.0 Å². The summed E-state index contributed by atoms with van der Waals surface area (Å²) in [5, 5.41) is 11.5. The Balaban J connectivity index is 1.50. The van der Waals surface area contributed by atoms with Gasteiger partial charge in [-0.3, -0.25) is 0 Å². The molecule has 1 saturated carbocycles. The molecular weight excluding hydrogens is 482 g/mol. The van der Waals surface area contributed by atoms with Crippen molar-refractivity contribution in [3.8, 4) is 0 Å². The number of rotatable bonds is 6. The fraction of sp³-hybridized carbons (Fsp3) is 0.435. The van der Waals surface area contributed by atoms with Crippen LogP contribution in [0.5, 0.6) is 0 Å². The molecule has 1 aliphatic carbocycles. The maximum atomic E-state index is 13.2. The van der Waals surface area contributed by atoms with Gasteiger partial charge in [-0.15, -0.1) is 0 Å². The van der Waals surface area contributed by atoms with Crippen molar-refractivity contribution in [1.82, 2.24) is 4.31 Å². The summed E-state index contributed by atoms with van der Waals surface area (Å²) in [6.45, 7) is 0.350. The number of halogens is 1. The predicted octanol–water partition coefficient (Wildman–Crippen LogP) is 3.83. The van der Waals surface area contributed by atoms with Gasteiger partial charge in [0.25, 0.3) is 0 Å². The summed E-state index contributed by atoms with van der Waals surface area (Å²) in [5.41, 5.74) is -1.18. The molecule has 8 heteroatoms. The molecule has 2 atom stereocenters. The zero-order chi connectivity index (χ0) is 22.1. The number of carbonyl (C=O) groups is 1. The Kier molecular flexibility index (Phi) is 6.53. The van der Waals surface area contributed by atoms with Crippen LogP contribution in [0.1, 0.15) is 37.7 Å². The number of hydrogen-bond donors (Lipinski definition) is 1. The van der Waals surface area contributed by atoms with E-state index in [4.69, 9.17) is 4.74 Å². The van der Waals surface area contributed by atoms with Crippen LogP contribution in [0.2, 0.25) is 0 Å². The number of sulfonamides is 1. The molecule has 0 radical (unpaired) electrons. The van der Waals surface area contributed by atoms with E-state index in [1.165, 1.54) is 4.31 Å². The van der Waals surface area contributed by atoms with Crippen molar-refractivity contribution >= 4 is 31.9 Å². The summed E-state index contributed by atoms with van der Waals surface area (Å²) < 4.78 is 33.7. The van der Waals surface area contributed by atoms with E-state index in [0.717, 1.165) is 30.2 Å². The minimum Gasteiger partial charge on any atom is -0.459 e. The fourth-order valence-corrected chi connectivity index (χ4v) is 6.32. The van der Waals surface area contributed by atoms with Crippen LogP contribution >= 0.6 is 15.9 Å². The third-order valence-corrected chi connectivity index (χ3v) is 8.71. The van der Waals surface area contributed by atoms with Gasteiger partial charge >= 0.3 is 5.97 Å². The second-order valence-electron chi connectivity index (χ2n) is 8.25. The van der Waals surface area contributed by atoms with Gasteiger partial charge in [0.15, 0.2) is 5.60 Å². The molecule has 1 saturated heterocycles. The van der Waals surface area contributed by atoms with Gasteiger partial charge in [-0.1, -0.05) is 59.1 Å². The first-order valence-electron chi connectivity index (χ1n) is 10.6. The topological polar surface area (TPSA) is 83.9 Å². The Bertz CT molecular complexity index is 1020. The summed E-state index contributed by atoms with van der Waals surface area (Å²) in [6.07, 6.45) is 3.27. The average Bonchev–Trinajstić information content (AvgIpc) is 3.47. The number of esters is 1. The van der Waals surface area contributed by atoms with Crippen LogP contribution in [0.4, 0.5) is 0 Å². The second kappa shape index (κ2) is 9.02. The standard InChI is InChI=1S/C23H26BrNO5S/c24-19-10-12-21(13-11-19)31(28,29)25-15-14-20(16-25)30-22(26)23(27,18-8-4-5-9-18)17-6-2-1-3-7-17/h1-3,6-7,10-13,18,20,27H,4-5,8-9,14-16H2/t20-,23?/m0/s1. The molecule has 0 spiro atoms. The van der Waals surface area contributed by atoms with Crippen LogP contribution in [0, 0.1) is 5.92 Å². The lowest BCUT2D eigenvalue weighted by atomic mass is 9.80. The first kappa shape index (κ1) is 22.5. The minimum atomic E-state index is -3.67. The van der Waals surface area contributed by atoms with Crippen LogP contribution in [0.3, 0.4) is 0 Å². The highest BCUT2D eigenvalue weighted by atomic mass is 79.9. The molecule has 1 unspecified atom stereocenters. The van der Waals surface area contributed by atoms with Crippen LogP contribution in [-0.2, 0) is 25.2 Å². The van der Waals surface area contributed by atoms with Gasteiger partial charge in [0.05, 0.1) is 11.4 Å². The van der Waals surface area contributed by atoms with E-state index in [1.54, 1.807) is 48.5 Å². The number of hydrogen-bond acceptors (Lipinski definition) is 5. The molecular formula is C23H26BrNO5S. The van der Waals surface area contributed by atoms with E-state index >= 15 is 0 Å². The quantitative estimate of drug-likeness (QED) is 0.600. The lowest BCUT2D eigenvalue weighted by Crippen LogP contribution is -2.45. The largest absolute Gasteiger partial charge is 0.459 e. The average molecular weight is 508 g/mol. The van der Waals surface area contributed by atoms with Crippen LogP contribution in [-0.4, -0.2) is 43.0 Å². The zero-order valence-corrected chi connectivity index (χ0v) is 19.5. The molecule has 2 aromatic rings. The predicted molar refractivity (Wildman–Crippen MR) is 120 cm³/mol. The minimum absolute atomic E-state index is 0.0830. The Morgan fingerprint density at radius 1 is 1.03 bits per heavy atom. The van der Waals surface area contributed by atoms with Gasteiger partial charge in [-0.25, -0.2) is 13.2 Å². The highest BCUT2D eigenvalue weighted by Crippen LogP contribution is 2.42. The number of aliphatic hydroxyl groups is 1. The second-order valence-corrected chi connectivity index (χ2v) is 11.1. The SMILES string of the molecule is O=C(O[C@H]1CCN(S(=O)(=O)c2ccc(Br)cc2)C1)C(O)(c1ccccc1)C1CCCC1. The Morgan fingerprint density at radius 3 is 2.32 bits per heavy atom.